The Morgan fingerprint density at radius 3 is 2.46 bits per heavy atom. The number of rotatable bonds is 8. The van der Waals surface area contributed by atoms with E-state index < -0.39 is 11.4 Å². The Labute approximate surface area is 290 Å². The Hall–Kier alpha value is -4.36. The number of aryl methyl sites for hydroxylation is 1. The van der Waals surface area contributed by atoms with Gasteiger partial charge in [-0.05, 0) is 100 Å². The monoisotopic (exact) mass is 690 g/mol. The lowest BCUT2D eigenvalue weighted by Crippen LogP contribution is -2.57. The van der Waals surface area contributed by atoms with Crippen molar-refractivity contribution < 1.29 is 32.5 Å². The summed E-state index contributed by atoms with van der Waals surface area (Å²) in [6.07, 6.45) is 4.71. The minimum Gasteiger partial charge on any atom is -0.468 e. The van der Waals surface area contributed by atoms with Crippen molar-refractivity contribution in [3.05, 3.63) is 47.7 Å². The number of piperazine rings is 1. The number of ether oxygens (including phenoxy) is 4. The zero-order valence-electron chi connectivity index (χ0n) is 29.2. The van der Waals surface area contributed by atoms with Crippen LogP contribution < -0.4 is 19.7 Å². The summed E-state index contributed by atoms with van der Waals surface area (Å²) < 4.78 is 55.3. The van der Waals surface area contributed by atoms with E-state index in [1.54, 1.807) is 24.4 Å². The number of pyridine rings is 1. The molecule has 50 heavy (non-hydrogen) atoms. The smallest absolute Gasteiger partial charge is 0.410 e. The van der Waals surface area contributed by atoms with Crippen LogP contribution in [0.3, 0.4) is 0 Å². The summed E-state index contributed by atoms with van der Waals surface area (Å²) in [5, 5.41) is 4.99. The van der Waals surface area contributed by atoms with E-state index in [4.69, 9.17) is 23.9 Å². The van der Waals surface area contributed by atoms with Gasteiger partial charge in [0.2, 0.25) is 0 Å². The molecular formula is C37H44F2N6O5. The molecule has 11 nitrogen and oxygen atoms in total. The van der Waals surface area contributed by atoms with E-state index in [0.717, 1.165) is 38.8 Å². The highest BCUT2D eigenvalue weighted by Gasteiger charge is 2.45. The van der Waals surface area contributed by atoms with Crippen LogP contribution in [0, 0.1) is 11.6 Å². The minimum absolute atomic E-state index is 0.0120. The lowest BCUT2D eigenvalue weighted by Gasteiger charge is -2.42. The van der Waals surface area contributed by atoms with Gasteiger partial charge in [0.15, 0.2) is 12.6 Å². The molecule has 2 aromatic heterocycles. The number of nitrogens with one attached hydrogen (secondary N) is 1. The third kappa shape index (κ3) is 6.60. The van der Waals surface area contributed by atoms with Crippen molar-refractivity contribution in [2.45, 2.75) is 83.6 Å². The second kappa shape index (κ2) is 13.7. The molecule has 1 N–H and O–H groups in total. The van der Waals surface area contributed by atoms with E-state index in [1.807, 2.05) is 32.6 Å². The molecule has 2 atom stereocenters. The van der Waals surface area contributed by atoms with Gasteiger partial charge in [0.1, 0.15) is 40.3 Å². The largest absolute Gasteiger partial charge is 0.468 e. The van der Waals surface area contributed by atoms with Crippen molar-refractivity contribution in [3.63, 3.8) is 0 Å². The van der Waals surface area contributed by atoms with Gasteiger partial charge in [0.25, 0.3) is 0 Å². The summed E-state index contributed by atoms with van der Waals surface area (Å²) in [4.78, 5) is 31.3. The first-order valence-electron chi connectivity index (χ1n) is 17.4. The Morgan fingerprint density at radius 1 is 1.04 bits per heavy atom. The molecule has 4 aromatic rings. The summed E-state index contributed by atoms with van der Waals surface area (Å²) >= 11 is 0. The second-order valence-corrected chi connectivity index (χ2v) is 14.3. The lowest BCUT2D eigenvalue weighted by atomic mass is 9.94. The number of fused-ring (bicyclic) bond motifs is 4. The van der Waals surface area contributed by atoms with Gasteiger partial charge >= 0.3 is 12.1 Å². The third-order valence-electron chi connectivity index (χ3n) is 9.68. The molecule has 3 fully saturated rings. The fourth-order valence-electron chi connectivity index (χ4n) is 7.49. The predicted molar refractivity (Wildman–Crippen MR) is 186 cm³/mol. The second-order valence-electron chi connectivity index (χ2n) is 14.3. The van der Waals surface area contributed by atoms with Crippen molar-refractivity contribution in [1.82, 2.24) is 25.2 Å². The number of carbonyl (C=O) groups is 1. The molecule has 13 heteroatoms. The quantitative estimate of drug-likeness (QED) is 0.209. The van der Waals surface area contributed by atoms with Crippen LogP contribution in [0.2, 0.25) is 0 Å². The zero-order chi connectivity index (χ0) is 35.2. The standard InChI is InChI=1S/C37H44F2N6O5/c1-6-26-29(38)10-7-21-15-25(48-20-47-5)16-27(30(21)26)32-31(39)33-28(17-41-32)34(43-35(42-33)49-24-11-13-40-14-12-24)44-18-22-8-9-23(19-44)45(22)36(46)50-37(2,3)4/h7,10,15-17,22-24,40H,6,8-9,11-14,18-20H2,1-5H3/t22-,23+. The van der Waals surface area contributed by atoms with Crippen molar-refractivity contribution in [2.75, 3.05) is 45.0 Å². The molecule has 1 amide bonds. The molecule has 2 aromatic carbocycles. The molecule has 3 saturated heterocycles. The maximum atomic E-state index is 17.1. The molecule has 3 aliphatic heterocycles. The van der Waals surface area contributed by atoms with Gasteiger partial charge in [0, 0.05) is 32.0 Å². The van der Waals surface area contributed by atoms with Gasteiger partial charge in [-0.2, -0.15) is 9.97 Å². The lowest BCUT2D eigenvalue weighted by molar-refractivity contribution is 0.0122. The zero-order valence-corrected chi connectivity index (χ0v) is 29.2. The first-order valence-corrected chi connectivity index (χ1v) is 17.4. The molecule has 5 heterocycles. The number of nitrogens with zero attached hydrogens (tertiary/aromatic N) is 5. The maximum absolute atomic E-state index is 17.1. The maximum Gasteiger partial charge on any atom is 0.410 e. The van der Waals surface area contributed by atoms with E-state index >= 15 is 8.78 Å². The van der Waals surface area contributed by atoms with Crippen molar-refractivity contribution in [2.24, 2.45) is 0 Å². The van der Waals surface area contributed by atoms with Gasteiger partial charge in [0.05, 0.1) is 17.5 Å². The van der Waals surface area contributed by atoms with Crippen LogP contribution in [0.25, 0.3) is 32.9 Å². The van der Waals surface area contributed by atoms with Crippen molar-refractivity contribution in [3.8, 4) is 23.0 Å². The number of carbonyl (C=O) groups excluding carboxylic acids is 1. The fourth-order valence-corrected chi connectivity index (χ4v) is 7.49. The van der Waals surface area contributed by atoms with Crippen LogP contribution >= 0.6 is 0 Å². The number of aromatic nitrogens is 3. The van der Waals surface area contributed by atoms with E-state index in [9.17, 15) is 4.79 Å². The molecule has 3 aliphatic rings. The number of piperidine rings is 1. The molecule has 0 radical (unpaired) electrons. The number of amides is 1. The highest BCUT2D eigenvalue weighted by Crippen LogP contribution is 2.41. The third-order valence-corrected chi connectivity index (χ3v) is 9.68. The van der Waals surface area contributed by atoms with E-state index in [0.29, 0.717) is 58.4 Å². The van der Waals surface area contributed by atoms with Crippen LogP contribution in [0.4, 0.5) is 19.4 Å². The average Bonchev–Trinajstić information content (AvgIpc) is 3.36. The van der Waals surface area contributed by atoms with Gasteiger partial charge in [-0.1, -0.05) is 13.0 Å². The topological polar surface area (TPSA) is 111 Å². The van der Waals surface area contributed by atoms with Crippen LogP contribution in [0.5, 0.6) is 11.8 Å². The predicted octanol–water partition coefficient (Wildman–Crippen LogP) is 6.39. The number of anilines is 1. The molecule has 2 bridgehead atoms. The van der Waals surface area contributed by atoms with Crippen LogP contribution in [-0.4, -0.2) is 89.8 Å². The Morgan fingerprint density at radius 2 is 1.78 bits per heavy atom. The summed E-state index contributed by atoms with van der Waals surface area (Å²) in [7, 11) is 1.51. The van der Waals surface area contributed by atoms with Crippen LogP contribution in [0.15, 0.2) is 30.5 Å². The fraction of sp³-hybridized carbons (Fsp3) is 0.514. The van der Waals surface area contributed by atoms with E-state index in [2.05, 4.69) is 20.2 Å². The molecule has 266 valence electrons. The summed E-state index contributed by atoms with van der Waals surface area (Å²) in [6, 6.07) is 6.41. The number of benzene rings is 2. The summed E-state index contributed by atoms with van der Waals surface area (Å²) in [5.41, 5.74) is 0.292. The molecule has 0 spiro atoms. The van der Waals surface area contributed by atoms with E-state index in [1.165, 1.54) is 13.2 Å². The Balaban J connectivity index is 1.35. The molecule has 0 aliphatic carbocycles. The molecule has 7 rings (SSSR count). The highest BCUT2D eigenvalue weighted by molar-refractivity contribution is 6.02. The van der Waals surface area contributed by atoms with Crippen LogP contribution in [-0.2, 0) is 15.9 Å². The number of hydrogen-bond donors (Lipinski definition) is 1. The molecule has 0 saturated carbocycles. The number of methoxy groups -OCH3 is 1. The van der Waals surface area contributed by atoms with Gasteiger partial charge in [-0.3, -0.25) is 9.88 Å². The first-order chi connectivity index (χ1) is 24.0. The van der Waals surface area contributed by atoms with Gasteiger partial charge in [-0.15, -0.1) is 0 Å². The first kappa shape index (κ1) is 34.1. The number of halogens is 2. The summed E-state index contributed by atoms with van der Waals surface area (Å²) in [6.45, 7) is 10.0. The van der Waals surface area contributed by atoms with E-state index in [-0.39, 0.29) is 54.1 Å². The highest BCUT2D eigenvalue weighted by atomic mass is 19.1. The number of hydrogen-bond acceptors (Lipinski definition) is 10. The Bertz CT molecular complexity index is 1900. The molecular weight excluding hydrogens is 646 g/mol. The van der Waals surface area contributed by atoms with Crippen LogP contribution in [0.1, 0.15) is 58.9 Å². The SMILES string of the molecule is CCc1c(F)ccc2cc(OCOC)cc(-c3ncc4c(N5C[C@H]6CC[C@@H](C5)N6C(=O)OC(C)(C)C)nc(OC5CCNCC5)nc4c3F)c12. The Kier molecular flexibility index (Phi) is 9.38. The van der Waals surface area contributed by atoms with Gasteiger partial charge in [-0.25, -0.2) is 13.6 Å². The van der Waals surface area contributed by atoms with Gasteiger partial charge < -0.3 is 29.2 Å². The summed E-state index contributed by atoms with van der Waals surface area (Å²) in [5.74, 6) is -0.121. The normalized spacial score (nSPS) is 19.7. The molecule has 0 unspecified atom stereocenters. The minimum atomic E-state index is -0.673. The van der Waals surface area contributed by atoms with Crippen molar-refractivity contribution >= 4 is 33.6 Å². The average molecular weight is 691 g/mol. The van der Waals surface area contributed by atoms with Crippen molar-refractivity contribution in [1.29, 1.82) is 0 Å².